The fraction of sp³-hybridized carbons (Fsp3) is 1.00. The Bertz CT molecular complexity index is 87.3. The molecule has 0 aromatic heterocycles. The number of hydrogen-bond acceptors (Lipinski definition) is 2. The van der Waals surface area contributed by atoms with Gasteiger partial charge in [0, 0.05) is 12.5 Å². The van der Waals surface area contributed by atoms with Gasteiger partial charge in [-0.3, -0.25) is 0 Å². The van der Waals surface area contributed by atoms with E-state index in [1.807, 2.05) is 6.92 Å². The molecule has 0 aromatic carbocycles. The van der Waals surface area contributed by atoms with E-state index >= 15 is 0 Å². The normalized spacial score (nSPS) is 30.0. The van der Waals surface area contributed by atoms with E-state index in [9.17, 15) is 5.11 Å². The van der Waals surface area contributed by atoms with E-state index in [0.717, 1.165) is 32.5 Å². The number of ether oxygens (including phenoxy) is 1. The van der Waals surface area contributed by atoms with Gasteiger partial charge in [-0.2, -0.15) is 0 Å². The Hall–Kier alpha value is -0.0800. The lowest BCUT2D eigenvalue weighted by Crippen LogP contribution is -2.28. The van der Waals surface area contributed by atoms with Gasteiger partial charge in [0.1, 0.15) is 0 Å². The Balaban J connectivity index is 2.24. The maximum atomic E-state index is 9.40. The minimum atomic E-state index is -0.139. The van der Waals surface area contributed by atoms with E-state index in [1.54, 1.807) is 0 Å². The quantitative estimate of drug-likeness (QED) is 0.630. The predicted octanol–water partition coefficient (Wildman–Crippen LogP) is 1.18. The van der Waals surface area contributed by atoms with Crippen LogP contribution in [-0.4, -0.2) is 24.4 Å². The minimum absolute atomic E-state index is 0.139. The van der Waals surface area contributed by atoms with Crippen molar-refractivity contribution in [2.75, 3.05) is 13.2 Å². The van der Waals surface area contributed by atoms with Crippen molar-refractivity contribution in [3.8, 4) is 0 Å². The van der Waals surface area contributed by atoms with Crippen LogP contribution in [0.15, 0.2) is 0 Å². The topological polar surface area (TPSA) is 29.5 Å². The molecule has 0 radical (unpaired) electrons. The highest BCUT2D eigenvalue weighted by Crippen LogP contribution is 2.18. The zero-order valence-electron chi connectivity index (χ0n) is 6.55. The molecule has 0 amide bonds. The van der Waals surface area contributed by atoms with Crippen LogP contribution in [-0.2, 0) is 4.74 Å². The van der Waals surface area contributed by atoms with Crippen LogP contribution in [0.5, 0.6) is 0 Å². The molecule has 2 atom stereocenters. The van der Waals surface area contributed by atoms with Gasteiger partial charge in [0.2, 0.25) is 0 Å². The van der Waals surface area contributed by atoms with Gasteiger partial charge in [0.25, 0.3) is 0 Å². The molecule has 2 nitrogen and oxygen atoms in total. The summed E-state index contributed by atoms with van der Waals surface area (Å²) in [6.07, 6.45) is 2.96. The van der Waals surface area contributed by atoms with Crippen LogP contribution in [0, 0.1) is 5.92 Å². The molecule has 1 fully saturated rings. The summed E-state index contributed by atoms with van der Waals surface area (Å²) in [5, 5.41) is 9.40. The molecule has 0 spiro atoms. The highest BCUT2D eigenvalue weighted by Gasteiger charge is 2.20. The highest BCUT2D eigenvalue weighted by molar-refractivity contribution is 4.69. The Morgan fingerprint density at radius 1 is 1.70 bits per heavy atom. The van der Waals surface area contributed by atoms with Crippen molar-refractivity contribution in [2.24, 2.45) is 5.92 Å². The largest absolute Gasteiger partial charge is 0.393 e. The molecule has 1 N–H and O–H groups in total. The SMILES string of the molecule is CC[C@H](O)[C@H]1CCCOC1. The summed E-state index contributed by atoms with van der Waals surface area (Å²) in [4.78, 5) is 0. The van der Waals surface area contributed by atoms with Gasteiger partial charge < -0.3 is 9.84 Å². The second kappa shape index (κ2) is 3.94. The van der Waals surface area contributed by atoms with Crippen LogP contribution in [0.3, 0.4) is 0 Å². The van der Waals surface area contributed by atoms with E-state index in [1.165, 1.54) is 0 Å². The molecule has 1 saturated heterocycles. The molecule has 0 aromatic rings. The molecule has 2 heteroatoms. The van der Waals surface area contributed by atoms with Crippen molar-refractivity contribution in [2.45, 2.75) is 32.3 Å². The van der Waals surface area contributed by atoms with Gasteiger partial charge in [-0.05, 0) is 19.3 Å². The Kier molecular flexibility index (Phi) is 3.16. The van der Waals surface area contributed by atoms with E-state index in [4.69, 9.17) is 4.74 Å². The molecule has 0 unspecified atom stereocenters. The third kappa shape index (κ3) is 1.96. The zero-order chi connectivity index (χ0) is 7.40. The van der Waals surface area contributed by atoms with Crippen LogP contribution in [0.4, 0.5) is 0 Å². The number of rotatable bonds is 2. The molecule has 1 rings (SSSR count). The standard InChI is InChI=1S/C8H16O2/c1-2-8(9)7-4-3-5-10-6-7/h7-9H,2-6H2,1H3/t7-,8-/m0/s1. The van der Waals surface area contributed by atoms with Crippen molar-refractivity contribution in [1.82, 2.24) is 0 Å². The third-order valence-corrected chi connectivity index (χ3v) is 2.16. The monoisotopic (exact) mass is 144 g/mol. The summed E-state index contributed by atoms with van der Waals surface area (Å²) in [6.45, 7) is 3.65. The lowest BCUT2D eigenvalue weighted by molar-refractivity contribution is -0.00997. The van der Waals surface area contributed by atoms with Gasteiger partial charge in [0.05, 0.1) is 12.7 Å². The maximum Gasteiger partial charge on any atom is 0.0587 e. The second-order valence-corrected chi connectivity index (χ2v) is 2.95. The third-order valence-electron chi connectivity index (χ3n) is 2.16. The van der Waals surface area contributed by atoms with Crippen LogP contribution in [0.1, 0.15) is 26.2 Å². The molecule has 1 aliphatic rings. The van der Waals surface area contributed by atoms with Crippen LogP contribution >= 0.6 is 0 Å². The summed E-state index contributed by atoms with van der Waals surface area (Å²) in [5.74, 6) is 0.402. The van der Waals surface area contributed by atoms with Gasteiger partial charge in [-0.15, -0.1) is 0 Å². The minimum Gasteiger partial charge on any atom is -0.393 e. The number of hydrogen-bond donors (Lipinski definition) is 1. The zero-order valence-corrected chi connectivity index (χ0v) is 6.55. The summed E-state index contributed by atoms with van der Waals surface area (Å²) in [6, 6.07) is 0. The molecular formula is C8H16O2. The predicted molar refractivity (Wildman–Crippen MR) is 39.8 cm³/mol. The highest BCUT2D eigenvalue weighted by atomic mass is 16.5. The fourth-order valence-electron chi connectivity index (χ4n) is 1.40. The van der Waals surface area contributed by atoms with Crippen molar-refractivity contribution < 1.29 is 9.84 Å². The molecule has 1 aliphatic heterocycles. The van der Waals surface area contributed by atoms with Crippen molar-refractivity contribution in [3.63, 3.8) is 0 Å². The Morgan fingerprint density at radius 2 is 2.50 bits per heavy atom. The number of aliphatic hydroxyl groups is 1. The fourth-order valence-corrected chi connectivity index (χ4v) is 1.40. The summed E-state index contributed by atoms with van der Waals surface area (Å²) in [5.41, 5.74) is 0. The van der Waals surface area contributed by atoms with E-state index in [2.05, 4.69) is 0 Å². The Labute approximate surface area is 62.2 Å². The molecule has 0 saturated carbocycles. The molecule has 60 valence electrons. The van der Waals surface area contributed by atoms with Crippen LogP contribution in [0.25, 0.3) is 0 Å². The first-order chi connectivity index (χ1) is 4.84. The Morgan fingerprint density at radius 3 is 3.00 bits per heavy atom. The first-order valence-corrected chi connectivity index (χ1v) is 4.10. The summed E-state index contributed by atoms with van der Waals surface area (Å²) in [7, 11) is 0. The van der Waals surface area contributed by atoms with Crippen LogP contribution in [0.2, 0.25) is 0 Å². The number of aliphatic hydroxyl groups excluding tert-OH is 1. The van der Waals surface area contributed by atoms with E-state index < -0.39 is 0 Å². The summed E-state index contributed by atoms with van der Waals surface area (Å²) < 4.78 is 5.25. The molecule has 0 aliphatic carbocycles. The average molecular weight is 144 g/mol. The van der Waals surface area contributed by atoms with Gasteiger partial charge >= 0.3 is 0 Å². The van der Waals surface area contributed by atoms with Crippen molar-refractivity contribution in [3.05, 3.63) is 0 Å². The molecule has 0 bridgehead atoms. The van der Waals surface area contributed by atoms with Gasteiger partial charge in [-0.25, -0.2) is 0 Å². The van der Waals surface area contributed by atoms with E-state index in [-0.39, 0.29) is 6.10 Å². The lowest BCUT2D eigenvalue weighted by Gasteiger charge is -2.25. The van der Waals surface area contributed by atoms with Crippen LogP contribution < -0.4 is 0 Å². The first-order valence-electron chi connectivity index (χ1n) is 4.10. The average Bonchev–Trinajstić information content (AvgIpc) is 2.05. The maximum absolute atomic E-state index is 9.40. The first kappa shape index (κ1) is 8.02. The summed E-state index contributed by atoms with van der Waals surface area (Å²) >= 11 is 0. The second-order valence-electron chi connectivity index (χ2n) is 2.95. The molecule has 1 heterocycles. The van der Waals surface area contributed by atoms with Crippen molar-refractivity contribution >= 4 is 0 Å². The van der Waals surface area contributed by atoms with E-state index in [0.29, 0.717) is 5.92 Å². The molecular weight excluding hydrogens is 128 g/mol. The van der Waals surface area contributed by atoms with Gasteiger partial charge in [0.15, 0.2) is 0 Å². The van der Waals surface area contributed by atoms with Gasteiger partial charge in [-0.1, -0.05) is 6.92 Å². The smallest absolute Gasteiger partial charge is 0.0587 e. The lowest BCUT2D eigenvalue weighted by atomic mass is 9.95. The molecule has 10 heavy (non-hydrogen) atoms. The van der Waals surface area contributed by atoms with Crippen molar-refractivity contribution in [1.29, 1.82) is 0 Å².